The second-order valence-corrected chi connectivity index (χ2v) is 5.49. The SMILES string of the molecule is C1CC2(C1)CCC(CC1CO1)CC2. The Bertz CT molecular complexity index is 181. The van der Waals surface area contributed by atoms with Crippen LogP contribution >= 0.6 is 0 Å². The summed E-state index contributed by atoms with van der Waals surface area (Å²) in [5.41, 5.74) is 0.848. The summed E-state index contributed by atoms with van der Waals surface area (Å²) in [6.07, 6.45) is 12.7. The Balaban J connectivity index is 1.48. The summed E-state index contributed by atoms with van der Waals surface area (Å²) in [5, 5.41) is 0. The summed E-state index contributed by atoms with van der Waals surface area (Å²) in [7, 11) is 0. The minimum atomic E-state index is 0.667. The van der Waals surface area contributed by atoms with Crippen LogP contribution in [-0.2, 0) is 4.74 Å². The molecule has 1 unspecified atom stereocenters. The zero-order valence-electron chi connectivity index (χ0n) is 8.43. The molecule has 1 atom stereocenters. The summed E-state index contributed by atoms with van der Waals surface area (Å²) >= 11 is 0. The fourth-order valence-corrected chi connectivity index (χ4v) is 3.28. The summed E-state index contributed by atoms with van der Waals surface area (Å²) in [5.74, 6) is 1.01. The van der Waals surface area contributed by atoms with E-state index in [1.807, 2.05) is 0 Å². The van der Waals surface area contributed by atoms with Gasteiger partial charge in [-0.25, -0.2) is 0 Å². The number of rotatable bonds is 2. The molecule has 13 heavy (non-hydrogen) atoms. The van der Waals surface area contributed by atoms with Crippen molar-refractivity contribution in [1.29, 1.82) is 0 Å². The van der Waals surface area contributed by atoms with Gasteiger partial charge in [-0.3, -0.25) is 0 Å². The van der Waals surface area contributed by atoms with Gasteiger partial charge < -0.3 is 4.74 Å². The third-order valence-electron chi connectivity index (χ3n) is 4.58. The van der Waals surface area contributed by atoms with Crippen LogP contribution in [0.15, 0.2) is 0 Å². The largest absolute Gasteiger partial charge is 0.373 e. The highest BCUT2D eigenvalue weighted by molar-refractivity contribution is 4.92. The molecule has 2 saturated carbocycles. The predicted octanol–water partition coefficient (Wildman–Crippen LogP) is 3.14. The topological polar surface area (TPSA) is 12.5 Å². The van der Waals surface area contributed by atoms with Gasteiger partial charge in [-0.05, 0) is 56.3 Å². The van der Waals surface area contributed by atoms with E-state index < -0.39 is 0 Å². The lowest BCUT2D eigenvalue weighted by Gasteiger charge is -2.47. The molecule has 3 aliphatic rings. The van der Waals surface area contributed by atoms with E-state index in [0.717, 1.165) is 17.9 Å². The molecule has 0 amide bonds. The third-order valence-corrected chi connectivity index (χ3v) is 4.58. The Labute approximate surface area is 80.8 Å². The van der Waals surface area contributed by atoms with E-state index >= 15 is 0 Å². The van der Waals surface area contributed by atoms with Crippen LogP contribution in [0.25, 0.3) is 0 Å². The first-order valence-electron chi connectivity index (χ1n) is 5.98. The maximum Gasteiger partial charge on any atom is 0.0812 e. The van der Waals surface area contributed by atoms with E-state index in [-0.39, 0.29) is 0 Å². The van der Waals surface area contributed by atoms with E-state index in [2.05, 4.69) is 0 Å². The fraction of sp³-hybridized carbons (Fsp3) is 1.00. The summed E-state index contributed by atoms with van der Waals surface area (Å²) in [6.45, 7) is 1.06. The molecule has 2 aliphatic carbocycles. The minimum Gasteiger partial charge on any atom is -0.373 e. The van der Waals surface area contributed by atoms with Crippen LogP contribution in [0.2, 0.25) is 0 Å². The van der Waals surface area contributed by atoms with Crippen molar-refractivity contribution in [2.75, 3.05) is 6.61 Å². The van der Waals surface area contributed by atoms with Gasteiger partial charge in [0.2, 0.25) is 0 Å². The molecule has 1 aliphatic heterocycles. The molecule has 1 spiro atoms. The first-order chi connectivity index (χ1) is 6.36. The van der Waals surface area contributed by atoms with Gasteiger partial charge in [0.05, 0.1) is 12.7 Å². The van der Waals surface area contributed by atoms with Gasteiger partial charge in [-0.1, -0.05) is 6.42 Å². The van der Waals surface area contributed by atoms with Crippen molar-refractivity contribution in [2.24, 2.45) is 11.3 Å². The van der Waals surface area contributed by atoms with E-state index in [9.17, 15) is 0 Å². The number of hydrogen-bond donors (Lipinski definition) is 0. The van der Waals surface area contributed by atoms with Crippen molar-refractivity contribution in [3.05, 3.63) is 0 Å². The maximum absolute atomic E-state index is 5.30. The normalized spacial score (nSPS) is 37.4. The van der Waals surface area contributed by atoms with Crippen molar-refractivity contribution in [3.63, 3.8) is 0 Å². The number of ether oxygens (including phenoxy) is 1. The Kier molecular flexibility index (Phi) is 1.90. The fourth-order valence-electron chi connectivity index (χ4n) is 3.28. The zero-order valence-corrected chi connectivity index (χ0v) is 8.43. The average Bonchev–Trinajstić information content (AvgIpc) is 2.87. The van der Waals surface area contributed by atoms with Crippen molar-refractivity contribution >= 4 is 0 Å². The van der Waals surface area contributed by atoms with Gasteiger partial charge in [0.1, 0.15) is 0 Å². The van der Waals surface area contributed by atoms with E-state index in [1.165, 1.54) is 38.5 Å². The molecule has 0 aromatic rings. The Hall–Kier alpha value is -0.0400. The monoisotopic (exact) mass is 180 g/mol. The Morgan fingerprint density at radius 1 is 1.08 bits per heavy atom. The first kappa shape index (κ1) is 8.28. The smallest absolute Gasteiger partial charge is 0.0812 e. The molecule has 0 bridgehead atoms. The molecular weight excluding hydrogens is 160 g/mol. The lowest BCUT2D eigenvalue weighted by molar-refractivity contribution is 0.0518. The molecule has 3 fully saturated rings. The van der Waals surface area contributed by atoms with E-state index in [1.54, 1.807) is 12.8 Å². The van der Waals surface area contributed by atoms with Crippen LogP contribution in [0.4, 0.5) is 0 Å². The molecule has 1 heteroatoms. The highest BCUT2D eigenvalue weighted by Crippen LogP contribution is 2.53. The van der Waals surface area contributed by atoms with Gasteiger partial charge in [0.25, 0.3) is 0 Å². The van der Waals surface area contributed by atoms with Crippen LogP contribution in [0.1, 0.15) is 51.4 Å². The van der Waals surface area contributed by atoms with Gasteiger partial charge in [0.15, 0.2) is 0 Å². The summed E-state index contributed by atoms with van der Waals surface area (Å²) < 4.78 is 5.30. The molecule has 0 N–H and O–H groups in total. The van der Waals surface area contributed by atoms with Crippen LogP contribution in [0.5, 0.6) is 0 Å². The van der Waals surface area contributed by atoms with Crippen molar-refractivity contribution in [1.82, 2.24) is 0 Å². The minimum absolute atomic E-state index is 0.667. The van der Waals surface area contributed by atoms with Gasteiger partial charge in [-0.15, -0.1) is 0 Å². The second kappa shape index (κ2) is 2.98. The van der Waals surface area contributed by atoms with Crippen LogP contribution in [0.3, 0.4) is 0 Å². The summed E-state index contributed by atoms with van der Waals surface area (Å²) in [6, 6.07) is 0. The van der Waals surface area contributed by atoms with E-state index in [4.69, 9.17) is 4.74 Å². The Morgan fingerprint density at radius 2 is 1.77 bits per heavy atom. The summed E-state index contributed by atoms with van der Waals surface area (Å²) in [4.78, 5) is 0. The van der Waals surface area contributed by atoms with Gasteiger partial charge >= 0.3 is 0 Å². The van der Waals surface area contributed by atoms with Crippen molar-refractivity contribution < 1.29 is 4.74 Å². The standard InChI is InChI=1S/C12H20O/c1-4-12(5-1)6-2-10(3-7-12)8-11-9-13-11/h10-11H,1-9H2. The highest BCUT2D eigenvalue weighted by Gasteiger charge is 2.40. The lowest BCUT2D eigenvalue weighted by Crippen LogP contribution is -2.34. The van der Waals surface area contributed by atoms with Crippen LogP contribution < -0.4 is 0 Å². The van der Waals surface area contributed by atoms with Crippen LogP contribution in [-0.4, -0.2) is 12.7 Å². The van der Waals surface area contributed by atoms with E-state index in [0.29, 0.717) is 6.10 Å². The number of epoxide rings is 1. The molecule has 74 valence electrons. The zero-order chi connectivity index (χ0) is 8.73. The van der Waals surface area contributed by atoms with Gasteiger partial charge in [0, 0.05) is 0 Å². The quantitative estimate of drug-likeness (QED) is 0.595. The van der Waals surface area contributed by atoms with Gasteiger partial charge in [-0.2, -0.15) is 0 Å². The molecule has 1 heterocycles. The molecule has 0 aromatic heterocycles. The Morgan fingerprint density at radius 3 is 2.23 bits per heavy atom. The predicted molar refractivity (Wildman–Crippen MR) is 52.6 cm³/mol. The van der Waals surface area contributed by atoms with Crippen molar-refractivity contribution in [3.8, 4) is 0 Å². The maximum atomic E-state index is 5.30. The lowest BCUT2D eigenvalue weighted by atomic mass is 9.59. The third kappa shape index (κ3) is 1.63. The average molecular weight is 180 g/mol. The first-order valence-corrected chi connectivity index (χ1v) is 5.98. The molecule has 0 radical (unpaired) electrons. The molecular formula is C12H20O. The molecule has 0 aromatic carbocycles. The number of hydrogen-bond acceptors (Lipinski definition) is 1. The highest BCUT2D eigenvalue weighted by atomic mass is 16.6. The molecule has 3 rings (SSSR count). The molecule has 1 nitrogen and oxygen atoms in total. The van der Waals surface area contributed by atoms with Crippen molar-refractivity contribution in [2.45, 2.75) is 57.5 Å². The van der Waals surface area contributed by atoms with Crippen LogP contribution in [0, 0.1) is 11.3 Å². The molecule has 1 saturated heterocycles. The second-order valence-electron chi connectivity index (χ2n) is 5.49.